The summed E-state index contributed by atoms with van der Waals surface area (Å²) in [6, 6.07) is 12.0. The third-order valence-electron chi connectivity index (χ3n) is 5.54. The van der Waals surface area contributed by atoms with Crippen molar-refractivity contribution in [3.8, 4) is 5.75 Å². The lowest BCUT2D eigenvalue weighted by Gasteiger charge is -2.36. The number of methoxy groups -OCH3 is 1. The number of hydrogen-bond acceptors (Lipinski definition) is 6. The zero-order valence-electron chi connectivity index (χ0n) is 18.2. The Bertz CT molecular complexity index is 786. The number of thioether (sulfide) groups is 1. The number of pyridine rings is 1. The third kappa shape index (κ3) is 5.89. The SMILES string of the molecule is CCN(CC)CCSc1ccc(C(=O)N2CCN(c3ccc(OC)cc3)CC2)cn1. The first-order valence-electron chi connectivity index (χ1n) is 10.6. The number of carbonyl (C=O) groups is 1. The quantitative estimate of drug-likeness (QED) is 0.570. The highest BCUT2D eigenvalue weighted by Gasteiger charge is 2.22. The van der Waals surface area contributed by atoms with E-state index in [0.717, 1.165) is 54.9 Å². The number of anilines is 1. The van der Waals surface area contributed by atoms with E-state index in [1.807, 2.05) is 29.2 Å². The molecule has 0 unspecified atom stereocenters. The van der Waals surface area contributed by atoms with Crippen LogP contribution in [0.5, 0.6) is 5.75 Å². The Morgan fingerprint density at radius 1 is 1.07 bits per heavy atom. The zero-order chi connectivity index (χ0) is 21.3. The van der Waals surface area contributed by atoms with Crippen LogP contribution in [0.15, 0.2) is 47.6 Å². The molecule has 1 amide bonds. The number of carbonyl (C=O) groups excluding carboxylic acids is 1. The minimum absolute atomic E-state index is 0.0663. The van der Waals surface area contributed by atoms with Crippen molar-refractivity contribution in [1.82, 2.24) is 14.8 Å². The van der Waals surface area contributed by atoms with Gasteiger partial charge in [-0.3, -0.25) is 4.79 Å². The van der Waals surface area contributed by atoms with Crippen molar-refractivity contribution in [2.75, 3.05) is 63.6 Å². The number of rotatable bonds is 9. The van der Waals surface area contributed by atoms with Gasteiger partial charge in [0.1, 0.15) is 5.75 Å². The van der Waals surface area contributed by atoms with Crippen LogP contribution in [0.4, 0.5) is 5.69 Å². The molecule has 0 radical (unpaired) electrons. The number of aromatic nitrogens is 1. The summed E-state index contributed by atoms with van der Waals surface area (Å²) in [6.45, 7) is 10.6. The molecular weight excluding hydrogens is 396 g/mol. The minimum Gasteiger partial charge on any atom is -0.497 e. The third-order valence-corrected chi connectivity index (χ3v) is 6.46. The Morgan fingerprint density at radius 3 is 2.33 bits per heavy atom. The standard InChI is InChI=1S/C23H32N4O2S/c1-4-25(5-2)16-17-30-22-11-6-19(18-24-22)23(28)27-14-12-26(13-15-27)20-7-9-21(29-3)10-8-20/h6-11,18H,4-5,12-17H2,1-3H3. The number of hydrogen-bond donors (Lipinski definition) is 0. The van der Waals surface area contributed by atoms with Crippen LogP contribution >= 0.6 is 11.8 Å². The van der Waals surface area contributed by atoms with E-state index in [4.69, 9.17) is 4.74 Å². The molecule has 0 N–H and O–H groups in total. The predicted octanol–water partition coefficient (Wildman–Crippen LogP) is 3.49. The molecule has 1 fully saturated rings. The van der Waals surface area contributed by atoms with Crippen LogP contribution < -0.4 is 9.64 Å². The normalized spacial score (nSPS) is 14.3. The maximum atomic E-state index is 12.9. The fourth-order valence-corrected chi connectivity index (χ4v) is 4.40. The minimum atomic E-state index is 0.0663. The van der Waals surface area contributed by atoms with E-state index in [-0.39, 0.29) is 5.91 Å². The number of piperazine rings is 1. The van der Waals surface area contributed by atoms with Gasteiger partial charge in [0.25, 0.3) is 5.91 Å². The molecule has 0 aliphatic carbocycles. The Kier molecular flexibility index (Phi) is 8.39. The molecule has 1 aliphatic heterocycles. The Hall–Kier alpha value is -2.25. The van der Waals surface area contributed by atoms with Crippen molar-refractivity contribution in [3.05, 3.63) is 48.2 Å². The lowest BCUT2D eigenvalue weighted by atomic mass is 10.2. The van der Waals surface area contributed by atoms with Crippen molar-refractivity contribution in [1.29, 1.82) is 0 Å². The van der Waals surface area contributed by atoms with Gasteiger partial charge in [0.15, 0.2) is 0 Å². The van der Waals surface area contributed by atoms with Crippen molar-refractivity contribution in [3.63, 3.8) is 0 Å². The highest BCUT2D eigenvalue weighted by atomic mass is 32.2. The second kappa shape index (κ2) is 11.2. The smallest absolute Gasteiger partial charge is 0.255 e. The summed E-state index contributed by atoms with van der Waals surface area (Å²) < 4.78 is 5.22. The summed E-state index contributed by atoms with van der Waals surface area (Å²) in [4.78, 5) is 24.0. The Labute approximate surface area is 184 Å². The molecule has 3 rings (SSSR count). The van der Waals surface area contributed by atoms with Gasteiger partial charge >= 0.3 is 0 Å². The first-order valence-corrected chi connectivity index (χ1v) is 11.6. The van der Waals surface area contributed by atoms with E-state index >= 15 is 0 Å². The van der Waals surface area contributed by atoms with Crippen LogP contribution in [0.1, 0.15) is 24.2 Å². The molecule has 0 bridgehead atoms. The highest BCUT2D eigenvalue weighted by Crippen LogP contribution is 2.21. The highest BCUT2D eigenvalue weighted by molar-refractivity contribution is 7.99. The summed E-state index contributed by atoms with van der Waals surface area (Å²) >= 11 is 1.74. The Morgan fingerprint density at radius 2 is 1.77 bits per heavy atom. The van der Waals surface area contributed by atoms with Crippen molar-refractivity contribution >= 4 is 23.4 Å². The number of nitrogens with zero attached hydrogens (tertiary/aromatic N) is 4. The van der Waals surface area contributed by atoms with Crippen LogP contribution in [0.2, 0.25) is 0 Å². The molecule has 30 heavy (non-hydrogen) atoms. The van der Waals surface area contributed by atoms with E-state index in [0.29, 0.717) is 18.7 Å². The van der Waals surface area contributed by atoms with E-state index in [2.05, 4.69) is 40.8 Å². The molecule has 0 atom stereocenters. The van der Waals surface area contributed by atoms with Crippen molar-refractivity contribution < 1.29 is 9.53 Å². The number of amides is 1. The zero-order valence-corrected chi connectivity index (χ0v) is 19.0. The molecule has 1 aromatic carbocycles. The summed E-state index contributed by atoms with van der Waals surface area (Å²) in [5.74, 6) is 1.93. The van der Waals surface area contributed by atoms with Gasteiger partial charge in [-0.2, -0.15) is 0 Å². The summed E-state index contributed by atoms with van der Waals surface area (Å²) in [5.41, 5.74) is 1.83. The largest absolute Gasteiger partial charge is 0.497 e. The maximum absolute atomic E-state index is 12.9. The molecule has 1 saturated heterocycles. The first kappa shape index (κ1) is 22.4. The van der Waals surface area contributed by atoms with Gasteiger partial charge in [-0.05, 0) is 49.5 Å². The van der Waals surface area contributed by atoms with Crippen LogP contribution in [0.25, 0.3) is 0 Å². The molecule has 7 heteroatoms. The van der Waals surface area contributed by atoms with E-state index in [1.165, 1.54) is 0 Å². The van der Waals surface area contributed by atoms with Gasteiger partial charge in [0.05, 0.1) is 17.7 Å². The molecule has 1 aromatic heterocycles. The predicted molar refractivity (Wildman–Crippen MR) is 124 cm³/mol. The van der Waals surface area contributed by atoms with Gasteiger partial charge in [-0.25, -0.2) is 4.98 Å². The molecule has 6 nitrogen and oxygen atoms in total. The van der Waals surface area contributed by atoms with Gasteiger partial charge in [0, 0.05) is 50.4 Å². The summed E-state index contributed by atoms with van der Waals surface area (Å²) in [7, 11) is 1.67. The maximum Gasteiger partial charge on any atom is 0.255 e. The molecule has 162 valence electrons. The van der Waals surface area contributed by atoms with Crippen molar-refractivity contribution in [2.24, 2.45) is 0 Å². The molecule has 1 aliphatic rings. The number of benzene rings is 1. The van der Waals surface area contributed by atoms with Gasteiger partial charge in [-0.15, -0.1) is 11.8 Å². The molecule has 0 spiro atoms. The van der Waals surface area contributed by atoms with Gasteiger partial charge < -0.3 is 19.4 Å². The van der Waals surface area contributed by atoms with Crippen LogP contribution in [0.3, 0.4) is 0 Å². The van der Waals surface area contributed by atoms with E-state index in [9.17, 15) is 4.79 Å². The van der Waals surface area contributed by atoms with E-state index in [1.54, 1.807) is 25.1 Å². The Balaban J connectivity index is 1.48. The monoisotopic (exact) mass is 428 g/mol. The lowest BCUT2D eigenvalue weighted by molar-refractivity contribution is 0.0746. The average Bonchev–Trinajstić information content (AvgIpc) is 2.82. The van der Waals surface area contributed by atoms with E-state index < -0.39 is 0 Å². The molecular formula is C23H32N4O2S. The van der Waals surface area contributed by atoms with Gasteiger partial charge in [-0.1, -0.05) is 13.8 Å². The lowest BCUT2D eigenvalue weighted by Crippen LogP contribution is -2.48. The first-order chi connectivity index (χ1) is 14.6. The summed E-state index contributed by atoms with van der Waals surface area (Å²) in [6.07, 6.45) is 1.72. The second-order valence-electron chi connectivity index (χ2n) is 7.24. The molecule has 0 saturated carbocycles. The fourth-order valence-electron chi connectivity index (χ4n) is 3.55. The fraction of sp³-hybridized carbons (Fsp3) is 0.478. The van der Waals surface area contributed by atoms with Crippen LogP contribution in [0, 0.1) is 0 Å². The second-order valence-corrected chi connectivity index (χ2v) is 8.35. The summed E-state index contributed by atoms with van der Waals surface area (Å²) in [5, 5.41) is 0.975. The molecule has 2 heterocycles. The van der Waals surface area contributed by atoms with Crippen LogP contribution in [-0.4, -0.2) is 79.4 Å². The molecule has 2 aromatic rings. The van der Waals surface area contributed by atoms with Crippen molar-refractivity contribution in [2.45, 2.75) is 18.9 Å². The number of ether oxygens (including phenoxy) is 1. The topological polar surface area (TPSA) is 48.9 Å². The average molecular weight is 429 g/mol. The van der Waals surface area contributed by atoms with Crippen LogP contribution in [-0.2, 0) is 0 Å². The van der Waals surface area contributed by atoms with Gasteiger partial charge in [0.2, 0.25) is 0 Å².